The van der Waals surface area contributed by atoms with E-state index in [9.17, 15) is 9.59 Å². The standard InChI is InChI=1S/C8H16N2O2.2ClH/c1-8(2,7(10)12)5-3-4-6(9)11;;/h3-5H2,1-2H3,(H2,9,11)(H2,10,12);2*1H. The summed E-state index contributed by atoms with van der Waals surface area (Å²) in [6, 6.07) is 0. The highest BCUT2D eigenvalue weighted by molar-refractivity contribution is 5.85. The normalized spacial score (nSPS) is 9.57. The van der Waals surface area contributed by atoms with Gasteiger partial charge in [-0.3, -0.25) is 9.59 Å². The van der Waals surface area contributed by atoms with Gasteiger partial charge in [0, 0.05) is 11.8 Å². The van der Waals surface area contributed by atoms with Crippen LogP contribution in [0.4, 0.5) is 0 Å². The molecule has 0 heterocycles. The lowest BCUT2D eigenvalue weighted by Crippen LogP contribution is -2.31. The van der Waals surface area contributed by atoms with Crippen molar-refractivity contribution in [3.05, 3.63) is 0 Å². The van der Waals surface area contributed by atoms with Crippen LogP contribution in [0.3, 0.4) is 0 Å². The van der Waals surface area contributed by atoms with E-state index < -0.39 is 5.41 Å². The van der Waals surface area contributed by atoms with E-state index in [2.05, 4.69) is 0 Å². The quantitative estimate of drug-likeness (QED) is 0.756. The van der Waals surface area contributed by atoms with Gasteiger partial charge < -0.3 is 11.5 Å². The zero-order chi connectivity index (χ0) is 9.78. The molecule has 0 aromatic rings. The monoisotopic (exact) mass is 244 g/mol. The molecule has 0 rings (SSSR count). The molecule has 0 aromatic carbocycles. The van der Waals surface area contributed by atoms with E-state index in [0.29, 0.717) is 19.3 Å². The molecule has 0 aromatic heterocycles. The van der Waals surface area contributed by atoms with Gasteiger partial charge in [0.1, 0.15) is 0 Å². The van der Waals surface area contributed by atoms with E-state index in [1.165, 1.54) is 0 Å². The SMILES string of the molecule is CC(C)(CCCC(N)=O)C(N)=O.Cl.Cl. The minimum absolute atomic E-state index is 0. The summed E-state index contributed by atoms with van der Waals surface area (Å²) in [5, 5.41) is 0. The highest BCUT2D eigenvalue weighted by Crippen LogP contribution is 2.21. The van der Waals surface area contributed by atoms with Gasteiger partial charge in [-0.05, 0) is 12.8 Å². The number of rotatable bonds is 5. The molecule has 0 radical (unpaired) electrons. The lowest BCUT2D eigenvalue weighted by Gasteiger charge is -2.19. The fraction of sp³-hybridized carbons (Fsp3) is 0.750. The molecule has 6 heteroatoms. The second kappa shape index (κ2) is 7.88. The summed E-state index contributed by atoms with van der Waals surface area (Å²) in [5.41, 5.74) is 9.54. The number of halogens is 2. The van der Waals surface area contributed by atoms with Crippen LogP contribution in [-0.2, 0) is 9.59 Å². The molecule has 2 amide bonds. The molecule has 0 atom stereocenters. The molecule has 0 bridgehead atoms. The highest BCUT2D eigenvalue weighted by Gasteiger charge is 2.23. The maximum Gasteiger partial charge on any atom is 0.223 e. The average molecular weight is 245 g/mol. The molecule has 0 aliphatic heterocycles. The molecule has 0 aliphatic rings. The van der Waals surface area contributed by atoms with E-state index in [1.54, 1.807) is 13.8 Å². The first-order chi connectivity index (χ1) is 5.36. The fourth-order valence-electron chi connectivity index (χ4n) is 0.828. The topological polar surface area (TPSA) is 86.2 Å². The molecule has 0 unspecified atom stereocenters. The summed E-state index contributed by atoms with van der Waals surface area (Å²) < 4.78 is 0. The van der Waals surface area contributed by atoms with Gasteiger partial charge in [0.15, 0.2) is 0 Å². The maximum absolute atomic E-state index is 10.8. The largest absolute Gasteiger partial charge is 0.370 e. The molecule has 0 saturated carbocycles. The first kappa shape index (κ1) is 19.1. The first-order valence-corrected chi connectivity index (χ1v) is 3.94. The predicted octanol–water partition coefficient (Wildman–Crippen LogP) is 0.997. The van der Waals surface area contributed by atoms with Crippen molar-refractivity contribution in [1.82, 2.24) is 0 Å². The summed E-state index contributed by atoms with van der Waals surface area (Å²) in [4.78, 5) is 21.2. The lowest BCUT2D eigenvalue weighted by atomic mass is 9.86. The number of hydrogen-bond acceptors (Lipinski definition) is 2. The van der Waals surface area contributed by atoms with E-state index >= 15 is 0 Å². The van der Waals surface area contributed by atoms with Gasteiger partial charge in [-0.25, -0.2) is 0 Å². The molecule has 0 saturated heterocycles. The fourth-order valence-corrected chi connectivity index (χ4v) is 0.828. The summed E-state index contributed by atoms with van der Waals surface area (Å²) >= 11 is 0. The van der Waals surface area contributed by atoms with Crippen molar-refractivity contribution in [1.29, 1.82) is 0 Å². The number of primary amides is 2. The second-order valence-electron chi connectivity index (χ2n) is 3.57. The van der Waals surface area contributed by atoms with Crippen molar-refractivity contribution in [3.63, 3.8) is 0 Å². The number of carbonyl (C=O) groups excluding carboxylic acids is 2. The Balaban J connectivity index is -0.000000605. The number of nitrogens with two attached hydrogens (primary N) is 2. The molecule has 0 aliphatic carbocycles. The zero-order valence-corrected chi connectivity index (χ0v) is 10.0. The molecule has 0 spiro atoms. The van der Waals surface area contributed by atoms with Crippen LogP contribution >= 0.6 is 24.8 Å². The highest BCUT2D eigenvalue weighted by atomic mass is 35.5. The Labute approximate surface area is 96.6 Å². The van der Waals surface area contributed by atoms with E-state index in [0.717, 1.165) is 0 Å². The zero-order valence-electron chi connectivity index (χ0n) is 8.41. The third-order valence-electron chi connectivity index (χ3n) is 1.89. The van der Waals surface area contributed by atoms with Crippen LogP contribution < -0.4 is 11.5 Å². The Morgan fingerprint density at radius 1 is 1.14 bits per heavy atom. The van der Waals surface area contributed by atoms with Gasteiger partial charge in [-0.1, -0.05) is 13.8 Å². The van der Waals surface area contributed by atoms with Crippen molar-refractivity contribution in [2.75, 3.05) is 0 Å². The minimum atomic E-state index is -0.532. The molecule has 4 nitrogen and oxygen atoms in total. The summed E-state index contributed by atoms with van der Waals surface area (Å²) in [6.07, 6.45) is 1.53. The van der Waals surface area contributed by atoms with Gasteiger partial charge in [0.05, 0.1) is 0 Å². The van der Waals surface area contributed by atoms with Crippen LogP contribution in [0.1, 0.15) is 33.1 Å². The van der Waals surface area contributed by atoms with Crippen LogP contribution in [0.5, 0.6) is 0 Å². The Hall–Kier alpha value is -0.480. The minimum Gasteiger partial charge on any atom is -0.370 e. The molecular formula is C8H18Cl2N2O2. The van der Waals surface area contributed by atoms with Crippen molar-refractivity contribution in [2.24, 2.45) is 16.9 Å². The molecule has 0 fully saturated rings. The number of carbonyl (C=O) groups is 2. The Bertz CT molecular complexity index is 196. The van der Waals surface area contributed by atoms with Gasteiger partial charge in [0.2, 0.25) is 11.8 Å². The summed E-state index contributed by atoms with van der Waals surface area (Å²) in [6.45, 7) is 3.52. The second-order valence-corrected chi connectivity index (χ2v) is 3.57. The van der Waals surface area contributed by atoms with Gasteiger partial charge in [0.25, 0.3) is 0 Å². The van der Waals surface area contributed by atoms with E-state index in [4.69, 9.17) is 11.5 Å². The third kappa shape index (κ3) is 8.13. The summed E-state index contributed by atoms with van der Waals surface area (Å²) in [5.74, 6) is -0.678. The maximum atomic E-state index is 10.8. The van der Waals surface area contributed by atoms with Gasteiger partial charge in [-0.15, -0.1) is 24.8 Å². The Morgan fingerprint density at radius 2 is 1.57 bits per heavy atom. The molecule has 14 heavy (non-hydrogen) atoms. The summed E-state index contributed by atoms with van der Waals surface area (Å²) in [7, 11) is 0. The first-order valence-electron chi connectivity index (χ1n) is 3.94. The van der Waals surface area contributed by atoms with E-state index in [1.807, 2.05) is 0 Å². The van der Waals surface area contributed by atoms with Crippen LogP contribution in [-0.4, -0.2) is 11.8 Å². The molecular weight excluding hydrogens is 227 g/mol. The van der Waals surface area contributed by atoms with Crippen molar-refractivity contribution < 1.29 is 9.59 Å². The van der Waals surface area contributed by atoms with Crippen LogP contribution in [0.2, 0.25) is 0 Å². The van der Waals surface area contributed by atoms with Crippen molar-refractivity contribution in [3.8, 4) is 0 Å². The van der Waals surface area contributed by atoms with Crippen LogP contribution in [0.15, 0.2) is 0 Å². The van der Waals surface area contributed by atoms with Crippen LogP contribution in [0.25, 0.3) is 0 Å². The van der Waals surface area contributed by atoms with Crippen molar-refractivity contribution in [2.45, 2.75) is 33.1 Å². The lowest BCUT2D eigenvalue weighted by molar-refractivity contribution is -0.127. The predicted molar refractivity (Wildman–Crippen MR) is 60.5 cm³/mol. The average Bonchev–Trinajstić information content (AvgIpc) is 1.85. The van der Waals surface area contributed by atoms with E-state index in [-0.39, 0.29) is 36.6 Å². The number of hydrogen-bond donors (Lipinski definition) is 2. The number of amides is 2. The molecule has 4 N–H and O–H groups in total. The smallest absolute Gasteiger partial charge is 0.223 e. The Kier molecular flexibility index (Phi) is 10.8. The Morgan fingerprint density at radius 3 is 1.86 bits per heavy atom. The molecule has 86 valence electrons. The van der Waals surface area contributed by atoms with Gasteiger partial charge in [-0.2, -0.15) is 0 Å². The third-order valence-corrected chi connectivity index (χ3v) is 1.89. The van der Waals surface area contributed by atoms with Crippen LogP contribution in [0, 0.1) is 5.41 Å². The van der Waals surface area contributed by atoms with Gasteiger partial charge >= 0.3 is 0 Å². The van der Waals surface area contributed by atoms with Crippen molar-refractivity contribution >= 4 is 36.6 Å².